The number of rotatable bonds is 7. The van der Waals surface area contributed by atoms with Gasteiger partial charge < -0.3 is 15.3 Å². The van der Waals surface area contributed by atoms with Crippen molar-refractivity contribution >= 4 is 11.6 Å². The molecular formula is C19H24N2O2. The van der Waals surface area contributed by atoms with Crippen LogP contribution in [-0.4, -0.2) is 24.1 Å². The van der Waals surface area contributed by atoms with Gasteiger partial charge in [-0.15, -0.1) is 0 Å². The number of aliphatic hydroxyl groups excluding tert-OH is 1. The number of anilines is 1. The summed E-state index contributed by atoms with van der Waals surface area (Å²) in [5.74, 6) is -0.108. The van der Waals surface area contributed by atoms with E-state index >= 15 is 0 Å². The van der Waals surface area contributed by atoms with E-state index in [4.69, 9.17) is 0 Å². The predicted octanol–water partition coefficient (Wildman–Crippen LogP) is 2.96. The van der Waals surface area contributed by atoms with Crippen LogP contribution in [0.25, 0.3) is 0 Å². The molecule has 0 aliphatic carbocycles. The molecule has 4 heteroatoms. The van der Waals surface area contributed by atoms with Gasteiger partial charge in [0.2, 0.25) is 0 Å². The fraction of sp³-hybridized carbons (Fsp3) is 0.316. The molecule has 2 N–H and O–H groups in total. The molecule has 2 aromatic carbocycles. The standard InChI is InChI=1S/C19H24N2O2/c1-3-21(4-2)18-11-9-15(10-12-18)19(23)20-13-16-7-5-6-8-17(16)14-22/h5-12,22H,3-4,13-14H2,1-2H3,(H,20,23). The Morgan fingerprint density at radius 3 is 2.17 bits per heavy atom. The topological polar surface area (TPSA) is 52.6 Å². The van der Waals surface area contributed by atoms with Crippen molar-refractivity contribution in [3.63, 3.8) is 0 Å². The van der Waals surface area contributed by atoms with Crippen LogP contribution in [0.15, 0.2) is 48.5 Å². The Balaban J connectivity index is 2.01. The fourth-order valence-electron chi connectivity index (χ4n) is 2.57. The minimum Gasteiger partial charge on any atom is -0.392 e. The first kappa shape index (κ1) is 17.0. The highest BCUT2D eigenvalue weighted by Gasteiger charge is 2.08. The number of hydrogen-bond acceptors (Lipinski definition) is 3. The second kappa shape index (κ2) is 8.34. The maximum Gasteiger partial charge on any atom is 0.251 e. The Morgan fingerprint density at radius 1 is 1.00 bits per heavy atom. The number of nitrogens with zero attached hydrogens (tertiary/aromatic N) is 1. The van der Waals surface area contributed by atoms with Crippen molar-refractivity contribution in [3.05, 3.63) is 65.2 Å². The van der Waals surface area contributed by atoms with Gasteiger partial charge in [0.1, 0.15) is 0 Å². The van der Waals surface area contributed by atoms with Gasteiger partial charge in [-0.1, -0.05) is 24.3 Å². The fourth-order valence-corrected chi connectivity index (χ4v) is 2.57. The van der Waals surface area contributed by atoms with Crippen LogP contribution in [0.5, 0.6) is 0 Å². The average molecular weight is 312 g/mol. The maximum atomic E-state index is 12.3. The summed E-state index contributed by atoms with van der Waals surface area (Å²) < 4.78 is 0. The maximum absolute atomic E-state index is 12.3. The molecular weight excluding hydrogens is 288 g/mol. The van der Waals surface area contributed by atoms with Gasteiger partial charge in [-0.25, -0.2) is 0 Å². The molecule has 0 unspecified atom stereocenters. The van der Waals surface area contributed by atoms with Crippen LogP contribution in [0.2, 0.25) is 0 Å². The molecule has 0 spiro atoms. The lowest BCUT2D eigenvalue weighted by Gasteiger charge is -2.21. The van der Waals surface area contributed by atoms with Crippen molar-refractivity contribution in [1.82, 2.24) is 5.32 Å². The molecule has 23 heavy (non-hydrogen) atoms. The summed E-state index contributed by atoms with van der Waals surface area (Å²) in [6.45, 7) is 6.50. The molecule has 0 fully saturated rings. The third kappa shape index (κ3) is 4.33. The second-order valence-corrected chi connectivity index (χ2v) is 5.33. The molecule has 0 saturated carbocycles. The molecule has 2 aromatic rings. The lowest BCUT2D eigenvalue weighted by atomic mass is 10.1. The SMILES string of the molecule is CCN(CC)c1ccc(C(=O)NCc2ccccc2CO)cc1. The molecule has 0 saturated heterocycles. The summed E-state index contributed by atoms with van der Waals surface area (Å²) >= 11 is 0. The van der Waals surface area contributed by atoms with Crippen molar-refractivity contribution in [2.24, 2.45) is 0 Å². The molecule has 0 aromatic heterocycles. The third-order valence-electron chi connectivity index (χ3n) is 3.99. The number of carbonyl (C=O) groups excluding carboxylic acids is 1. The van der Waals surface area contributed by atoms with Crippen LogP contribution in [-0.2, 0) is 13.2 Å². The van der Waals surface area contributed by atoms with Gasteiger partial charge in [0, 0.05) is 30.9 Å². The van der Waals surface area contributed by atoms with Crippen molar-refractivity contribution in [3.8, 4) is 0 Å². The van der Waals surface area contributed by atoms with Crippen LogP contribution in [0.3, 0.4) is 0 Å². The molecule has 0 aliphatic heterocycles. The highest BCUT2D eigenvalue weighted by molar-refractivity contribution is 5.94. The minimum absolute atomic E-state index is 0.0232. The lowest BCUT2D eigenvalue weighted by Crippen LogP contribution is -2.24. The number of aliphatic hydroxyl groups is 1. The van der Waals surface area contributed by atoms with Gasteiger partial charge in [-0.2, -0.15) is 0 Å². The van der Waals surface area contributed by atoms with Gasteiger partial charge in [0.25, 0.3) is 5.91 Å². The van der Waals surface area contributed by atoms with E-state index in [9.17, 15) is 9.90 Å². The first-order valence-electron chi connectivity index (χ1n) is 8.00. The number of nitrogens with one attached hydrogen (secondary N) is 1. The first-order valence-corrected chi connectivity index (χ1v) is 8.00. The van der Waals surface area contributed by atoms with E-state index in [1.54, 1.807) is 0 Å². The summed E-state index contributed by atoms with van der Waals surface area (Å²) in [5.41, 5.74) is 3.53. The second-order valence-electron chi connectivity index (χ2n) is 5.33. The lowest BCUT2D eigenvalue weighted by molar-refractivity contribution is 0.0950. The molecule has 1 amide bonds. The smallest absolute Gasteiger partial charge is 0.251 e. The Labute approximate surface area is 137 Å². The van der Waals surface area contributed by atoms with Crippen LogP contribution < -0.4 is 10.2 Å². The molecule has 0 radical (unpaired) electrons. The third-order valence-corrected chi connectivity index (χ3v) is 3.99. The average Bonchev–Trinajstić information content (AvgIpc) is 2.61. The Kier molecular flexibility index (Phi) is 6.18. The monoisotopic (exact) mass is 312 g/mol. The first-order chi connectivity index (χ1) is 11.2. The van der Waals surface area contributed by atoms with Crippen LogP contribution in [0, 0.1) is 0 Å². The molecule has 4 nitrogen and oxygen atoms in total. The van der Waals surface area contributed by atoms with Crippen molar-refractivity contribution < 1.29 is 9.90 Å². The number of carbonyl (C=O) groups is 1. The molecule has 0 bridgehead atoms. The Hall–Kier alpha value is -2.33. The van der Waals surface area contributed by atoms with Crippen LogP contribution in [0.1, 0.15) is 35.3 Å². The van der Waals surface area contributed by atoms with Crippen molar-refractivity contribution in [2.75, 3.05) is 18.0 Å². The van der Waals surface area contributed by atoms with Gasteiger partial charge in [-0.05, 0) is 49.2 Å². The van der Waals surface area contributed by atoms with Crippen molar-refractivity contribution in [2.45, 2.75) is 27.0 Å². The van der Waals surface area contributed by atoms with Gasteiger partial charge in [0.05, 0.1) is 6.61 Å². The van der Waals surface area contributed by atoms with E-state index in [1.807, 2.05) is 48.5 Å². The largest absolute Gasteiger partial charge is 0.392 e. The summed E-state index contributed by atoms with van der Waals surface area (Å²) in [6.07, 6.45) is 0. The predicted molar refractivity (Wildman–Crippen MR) is 93.5 cm³/mol. The van der Waals surface area contributed by atoms with Crippen LogP contribution in [0.4, 0.5) is 5.69 Å². The van der Waals surface area contributed by atoms with E-state index < -0.39 is 0 Å². The van der Waals surface area contributed by atoms with Crippen molar-refractivity contribution in [1.29, 1.82) is 0 Å². The van der Waals surface area contributed by atoms with E-state index in [0.29, 0.717) is 12.1 Å². The number of hydrogen-bond donors (Lipinski definition) is 2. The normalized spacial score (nSPS) is 10.4. The zero-order valence-corrected chi connectivity index (χ0v) is 13.7. The van der Waals surface area contributed by atoms with Gasteiger partial charge >= 0.3 is 0 Å². The van der Waals surface area contributed by atoms with Gasteiger partial charge in [0.15, 0.2) is 0 Å². The van der Waals surface area contributed by atoms with E-state index in [2.05, 4.69) is 24.1 Å². The summed E-state index contributed by atoms with van der Waals surface area (Å²) in [6, 6.07) is 15.2. The molecule has 0 atom stereocenters. The molecule has 0 aliphatic rings. The summed E-state index contributed by atoms with van der Waals surface area (Å²) in [7, 11) is 0. The number of benzene rings is 2. The Bertz CT molecular complexity index is 634. The zero-order valence-electron chi connectivity index (χ0n) is 13.7. The highest BCUT2D eigenvalue weighted by atomic mass is 16.3. The molecule has 0 heterocycles. The summed E-state index contributed by atoms with van der Waals surface area (Å²) in [5, 5.41) is 12.2. The van der Waals surface area contributed by atoms with Gasteiger partial charge in [-0.3, -0.25) is 4.79 Å². The number of amides is 1. The highest BCUT2D eigenvalue weighted by Crippen LogP contribution is 2.15. The minimum atomic E-state index is -0.108. The van der Waals surface area contributed by atoms with E-state index in [0.717, 1.165) is 29.9 Å². The quantitative estimate of drug-likeness (QED) is 0.826. The van der Waals surface area contributed by atoms with E-state index in [1.165, 1.54) is 0 Å². The molecule has 2 rings (SSSR count). The summed E-state index contributed by atoms with van der Waals surface area (Å²) in [4.78, 5) is 14.5. The zero-order chi connectivity index (χ0) is 16.7. The van der Waals surface area contributed by atoms with E-state index in [-0.39, 0.29) is 12.5 Å². The molecule has 122 valence electrons. The Morgan fingerprint density at radius 2 is 1.61 bits per heavy atom. The van der Waals surface area contributed by atoms with Crippen LogP contribution >= 0.6 is 0 Å².